The van der Waals surface area contributed by atoms with Gasteiger partial charge in [-0.15, -0.1) is 0 Å². The number of anilines is 7. The maximum atomic E-state index is 9.39. The van der Waals surface area contributed by atoms with Gasteiger partial charge in [-0.05, 0) is 146 Å². The summed E-state index contributed by atoms with van der Waals surface area (Å²) in [7, 11) is -3.13. The average molecular weight is 1150 g/mol. The maximum Gasteiger partial charge on any atom is 0.185 e. The fourth-order valence-electron chi connectivity index (χ4n) is 13.2. The van der Waals surface area contributed by atoms with Crippen molar-refractivity contribution in [1.29, 1.82) is 0 Å². The number of benzene rings is 9. The summed E-state index contributed by atoms with van der Waals surface area (Å²) in [5, 5.41) is 5.43. The summed E-state index contributed by atoms with van der Waals surface area (Å²) >= 11 is 0. The fraction of sp³-hybridized carbons (Fsp3) is 0.263. The number of para-hydroxylation sites is 4. The second-order valence-corrected chi connectivity index (χ2v) is 32.7. The van der Waals surface area contributed by atoms with Crippen LogP contribution in [0.25, 0.3) is 33.4 Å². The van der Waals surface area contributed by atoms with Gasteiger partial charge in [0.2, 0.25) is 0 Å². The smallest absolute Gasteiger partial charge is 0.185 e. The van der Waals surface area contributed by atoms with Crippen LogP contribution in [0.1, 0.15) is 139 Å². The molecule has 0 bridgehead atoms. The van der Waals surface area contributed by atoms with Crippen molar-refractivity contribution in [2.24, 2.45) is 0 Å². The fourth-order valence-corrected chi connectivity index (χ4v) is 18.8. The Morgan fingerprint density at radius 3 is 1.52 bits per heavy atom. The summed E-state index contributed by atoms with van der Waals surface area (Å²) in [6.07, 6.45) is 1.96. The standard InChI is InChI=1S/C80H82N4OSi/c1-76(2,3)54-35-38-64-65-39-36-55(77(4,5)6)47-73(65)86(72(64)46-54)70-34-22-21-33-68(70)84(74-48-56(41-42-81-74)78(7,8)9)69-50-61(37-40-71(69)86)85-60-28-23-27-59(49-60)82-51-83(67-32-20-19-31-66(67)82)75-62(52-25-17-16-18-26-52)29-24-30-63(75)53-43-57(79(10,11)12)45-58(44-53)80(13,14)15/h16-50H,51H2,1-15H3/i16D,17D,18D,25D,26D. The van der Waals surface area contributed by atoms with Crippen LogP contribution in [-0.4, -0.2) is 19.7 Å². The van der Waals surface area contributed by atoms with Gasteiger partial charge in [0, 0.05) is 40.8 Å². The summed E-state index contributed by atoms with van der Waals surface area (Å²) in [5.41, 5.74) is 16.3. The van der Waals surface area contributed by atoms with Gasteiger partial charge in [-0.25, -0.2) is 4.98 Å². The Hall–Kier alpha value is -8.45. The third kappa shape index (κ3) is 9.65. The summed E-state index contributed by atoms with van der Waals surface area (Å²) in [4.78, 5) is 12.1. The van der Waals surface area contributed by atoms with E-state index in [0.717, 1.165) is 51.1 Å². The molecule has 3 aliphatic rings. The highest BCUT2D eigenvalue weighted by molar-refractivity contribution is 7.23. The second-order valence-electron chi connectivity index (χ2n) is 29.0. The lowest BCUT2D eigenvalue weighted by atomic mass is 9.78. The van der Waals surface area contributed by atoms with Crippen LogP contribution in [-0.2, 0) is 27.1 Å². The Kier molecular flexibility index (Phi) is 12.0. The van der Waals surface area contributed by atoms with Gasteiger partial charge in [0.25, 0.3) is 0 Å². The largest absolute Gasteiger partial charge is 0.457 e. The zero-order chi connectivity index (χ0) is 64.8. The SMILES string of the molecule is [2H]c1c([2H])c([2H])c(-c2cccc(-c3cc(C(C)(C)C)cc(C(C)(C)C)c3)c2N2CN(c3cccc(Oc4ccc5c(c4)N(c4cc(C(C)(C)C)ccn4)c4ccccc4[Si]54c5cc(C(C)(C)C)ccc5-c5ccc(C(C)(C)C)cc54)c3)c3ccccc32)c([2H])c1[2H]. The molecule has 0 aliphatic carbocycles. The lowest BCUT2D eigenvalue weighted by molar-refractivity contribution is 0.483. The van der Waals surface area contributed by atoms with Crippen molar-refractivity contribution in [2.45, 2.75) is 131 Å². The van der Waals surface area contributed by atoms with E-state index < -0.39 is 14.1 Å². The molecule has 0 unspecified atom stereocenters. The van der Waals surface area contributed by atoms with Crippen LogP contribution in [0, 0.1) is 0 Å². The molecular formula is C80H82N4OSi. The monoisotopic (exact) mass is 1150 g/mol. The minimum atomic E-state index is -3.13. The van der Waals surface area contributed by atoms with E-state index >= 15 is 0 Å². The predicted molar refractivity (Wildman–Crippen MR) is 368 cm³/mol. The molecule has 0 N–H and O–H groups in total. The minimum absolute atomic E-state index is 0.0886. The molecule has 432 valence electrons. The molecule has 0 radical (unpaired) electrons. The summed E-state index contributed by atoms with van der Waals surface area (Å²) in [6, 6.07) is 62.6. The van der Waals surface area contributed by atoms with Gasteiger partial charge in [-0.3, -0.25) is 4.90 Å². The van der Waals surface area contributed by atoms with E-state index in [1.165, 1.54) is 59.7 Å². The van der Waals surface area contributed by atoms with Crippen LogP contribution in [0.15, 0.2) is 212 Å². The Labute approximate surface area is 520 Å². The minimum Gasteiger partial charge on any atom is -0.457 e. The maximum absolute atomic E-state index is 9.39. The number of hydrogen-bond donors (Lipinski definition) is 0. The summed E-state index contributed by atoms with van der Waals surface area (Å²) < 4.78 is 52.4. The van der Waals surface area contributed by atoms with E-state index in [1.807, 2.05) is 36.5 Å². The first-order chi connectivity index (χ1) is 42.8. The third-order valence-corrected chi connectivity index (χ3v) is 22.9. The Bertz CT molecular complexity index is 4490. The number of nitrogens with zero attached hydrogens (tertiary/aromatic N) is 4. The second kappa shape index (κ2) is 20.3. The molecule has 86 heavy (non-hydrogen) atoms. The van der Waals surface area contributed by atoms with E-state index in [4.69, 9.17) is 13.8 Å². The molecule has 0 fully saturated rings. The summed E-state index contributed by atoms with van der Waals surface area (Å²) in [6.45, 7) is 34.4. The first kappa shape index (κ1) is 50.8. The number of rotatable bonds is 7. The molecule has 0 saturated carbocycles. The molecule has 4 heterocycles. The Morgan fingerprint density at radius 1 is 0.395 bits per heavy atom. The van der Waals surface area contributed by atoms with Crippen LogP contribution >= 0.6 is 0 Å². The highest BCUT2D eigenvalue weighted by Gasteiger charge is 2.55. The highest BCUT2D eigenvalue weighted by atomic mass is 28.3. The van der Waals surface area contributed by atoms with Crippen molar-refractivity contribution in [2.75, 3.05) is 21.4 Å². The molecule has 9 aromatic carbocycles. The van der Waals surface area contributed by atoms with Crippen molar-refractivity contribution in [1.82, 2.24) is 4.98 Å². The zero-order valence-electron chi connectivity index (χ0n) is 57.7. The van der Waals surface area contributed by atoms with Crippen molar-refractivity contribution in [3.05, 3.63) is 240 Å². The Morgan fingerprint density at radius 2 is 0.919 bits per heavy atom. The number of ether oxygens (including phenoxy) is 1. The number of hydrogen-bond acceptors (Lipinski definition) is 5. The molecule has 3 aliphatic heterocycles. The van der Waals surface area contributed by atoms with Crippen LogP contribution in [0.5, 0.6) is 11.5 Å². The normalized spacial score (nSPS) is 15.2. The first-order valence-electron chi connectivity index (χ1n) is 33.0. The number of fused-ring (bicyclic) bond motifs is 10. The van der Waals surface area contributed by atoms with Gasteiger partial charge < -0.3 is 14.5 Å². The van der Waals surface area contributed by atoms with Crippen LogP contribution in [0.3, 0.4) is 0 Å². The van der Waals surface area contributed by atoms with Gasteiger partial charge in [-0.2, -0.15) is 0 Å². The lowest BCUT2D eigenvalue weighted by Crippen LogP contribution is -2.75. The molecule has 6 heteroatoms. The molecule has 1 aromatic heterocycles. The molecular weight excluding hydrogens is 1060 g/mol. The van der Waals surface area contributed by atoms with Gasteiger partial charge in [-0.1, -0.05) is 249 Å². The average Bonchev–Trinajstić information content (AvgIpc) is 1.58. The van der Waals surface area contributed by atoms with Crippen molar-refractivity contribution >= 4 is 68.8 Å². The van der Waals surface area contributed by atoms with Crippen molar-refractivity contribution in [3.63, 3.8) is 0 Å². The molecule has 10 aromatic rings. The van der Waals surface area contributed by atoms with E-state index in [2.05, 4.69) is 264 Å². The predicted octanol–water partition coefficient (Wildman–Crippen LogP) is 19.1. The summed E-state index contributed by atoms with van der Waals surface area (Å²) in [5.74, 6) is 2.19. The Balaban J connectivity index is 0.974. The molecule has 0 amide bonds. The van der Waals surface area contributed by atoms with Gasteiger partial charge in [0.05, 0.1) is 29.6 Å². The van der Waals surface area contributed by atoms with Crippen LogP contribution in [0.2, 0.25) is 0 Å². The molecule has 0 atom stereocenters. The van der Waals surface area contributed by atoms with Gasteiger partial charge in [0.15, 0.2) is 8.07 Å². The van der Waals surface area contributed by atoms with E-state index in [1.54, 1.807) is 0 Å². The van der Waals surface area contributed by atoms with Crippen LogP contribution < -0.4 is 40.2 Å². The molecule has 0 saturated heterocycles. The van der Waals surface area contributed by atoms with E-state index in [0.29, 0.717) is 23.7 Å². The third-order valence-electron chi connectivity index (χ3n) is 18.0. The van der Waals surface area contributed by atoms with Crippen molar-refractivity contribution < 1.29 is 11.6 Å². The van der Waals surface area contributed by atoms with Gasteiger partial charge >= 0.3 is 0 Å². The number of pyridine rings is 1. The molecule has 1 spiro atoms. The first-order valence-corrected chi connectivity index (χ1v) is 32.5. The quantitative estimate of drug-likeness (QED) is 0.149. The lowest BCUT2D eigenvalue weighted by Gasteiger charge is -2.44. The van der Waals surface area contributed by atoms with Gasteiger partial charge in [0.1, 0.15) is 24.0 Å². The van der Waals surface area contributed by atoms with Crippen LogP contribution in [0.4, 0.5) is 39.9 Å². The highest BCUT2D eigenvalue weighted by Crippen LogP contribution is 2.52. The molecule has 5 nitrogen and oxygen atoms in total. The topological polar surface area (TPSA) is 31.8 Å². The van der Waals surface area contributed by atoms with E-state index in [9.17, 15) is 2.74 Å². The van der Waals surface area contributed by atoms with Crippen molar-refractivity contribution in [3.8, 4) is 44.9 Å². The molecule has 13 rings (SSSR count). The van der Waals surface area contributed by atoms with E-state index in [-0.39, 0.29) is 56.8 Å². The zero-order valence-corrected chi connectivity index (χ0v) is 53.7. The number of aromatic nitrogens is 1.